The molecule has 0 aliphatic heterocycles. The number of rotatable bonds is 6. The molecule has 0 saturated heterocycles. The molecular formula is C17H17FN4OS2. The number of hydrogen-bond acceptors (Lipinski definition) is 5. The zero-order valence-electron chi connectivity index (χ0n) is 13.8. The van der Waals surface area contributed by atoms with Gasteiger partial charge in [-0.1, -0.05) is 17.8 Å². The molecule has 130 valence electrons. The maximum Gasteiger partial charge on any atom is 0.233 e. The molecule has 1 N–H and O–H groups in total. The number of carbonyl (C=O) groups is 1. The summed E-state index contributed by atoms with van der Waals surface area (Å²) in [5.41, 5.74) is 0.776. The van der Waals surface area contributed by atoms with Crippen LogP contribution in [0.2, 0.25) is 0 Å². The predicted molar refractivity (Wildman–Crippen MR) is 97.9 cm³/mol. The zero-order valence-corrected chi connectivity index (χ0v) is 15.4. The summed E-state index contributed by atoms with van der Waals surface area (Å²) in [6, 6.07) is 10.0. The molecule has 3 aromatic rings. The number of halogens is 1. The van der Waals surface area contributed by atoms with Crippen molar-refractivity contribution in [2.45, 2.75) is 23.9 Å². The Morgan fingerprint density at radius 1 is 1.32 bits per heavy atom. The average molecular weight is 376 g/mol. The van der Waals surface area contributed by atoms with Gasteiger partial charge in [0.25, 0.3) is 0 Å². The van der Waals surface area contributed by atoms with Gasteiger partial charge in [-0.3, -0.25) is 4.79 Å². The van der Waals surface area contributed by atoms with Crippen molar-refractivity contribution in [3.8, 4) is 11.4 Å². The first-order valence-electron chi connectivity index (χ1n) is 7.66. The van der Waals surface area contributed by atoms with E-state index in [0.29, 0.717) is 17.5 Å². The highest BCUT2D eigenvalue weighted by molar-refractivity contribution is 8.00. The topological polar surface area (TPSA) is 59.8 Å². The third-order valence-corrected chi connectivity index (χ3v) is 5.62. The molecule has 5 nitrogen and oxygen atoms in total. The first-order chi connectivity index (χ1) is 12.0. The third kappa shape index (κ3) is 4.26. The third-order valence-electron chi connectivity index (χ3n) is 3.61. The second-order valence-corrected chi connectivity index (χ2v) is 7.77. The molecule has 1 unspecified atom stereocenters. The van der Waals surface area contributed by atoms with Gasteiger partial charge in [0.2, 0.25) is 5.91 Å². The van der Waals surface area contributed by atoms with Crippen molar-refractivity contribution in [2.75, 3.05) is 0 Å². The molecule has 0 aliphatic carbocycles. The summed E-state index contributed by atoms with van der Waals surface area (Å²) in [7, 11) is 1.83. The summed E-state index contributed by atoms with van der Waals surface area (Å²) < 4.78 is 14.9. The average Bonchev–Trinajstić information content (AvgIpc) is 3.24. The summed E-state index contributed by atoms with van der Waals surface area (Å²) >= 11 is 2.95. The van der Waals surface area contributed by atoms with Gasteiger partial charge in [0, 0.05) is 17.5 Å². The Labute approximate surface area is 153 Å². The predicted octanol–water partition coefficient (Wildman–Crippen LogP) is 3.48. The molecule has 0 saturated carbocycles. The van der Waals surface area contributed by atoms with E-state index in [1.807, 2.05) is 31.5 Å². The standard InChI is InChI=1S/C17H17FN4OS2/c1-11(16(23)19-10-14-4-3-9-24-14)25-17-21-20-15(22(17)2)12-5-7-13(18)8-6-12/h3-9,11H,10H2,1-2H3,(H,19,23). The van der Waals surface area contributed by atoms with Gasteiger partial charge in [-0.05, 0) is 42.6 Å². The van der Waals surface area contributed by atoms with E-state index in [2.05, 4.69) is 15.5 Å². The van der Waals surface area contributed by atoms with Crippen LogP contribution < -0.4 is 5.32 Å². The molecule has 2 heterocycles. The van der Waals surface area contributed by atoms with Crippen LogP contribution in [0.25, 0.3) is 11.4 Å². The van der Waals surface area contributed by atoms with Gasteiger partial charge >= 0.3 is 0 Å². The van der Waals surface area contributed by atoms with Crippen molar-refractivity contribution in [3.05, 3.63) is 52.5 Å². The Hall–Kier alpha value is -2.19. The van der Waals surface area contributed by atoms with Gasteiger partial charge in [-0.25, -0.2) is 4.39 Å². The van der Waals surface area contributed by atoms with E-state index >= 15 is 0 Å². The number of hydrogen-bond donors (Lipinski definition) is 1. The van der Waals surface area contributed by atoms with Crippen LogP contribution in [0.5, 0.6) is 0 Å². The van der Waals surface area contributed by atoms with Gasteiger partial charge in [0.15, 0.2) is 11.0 Å². The minimum Gasteiger partial charge on any atom is -0.350 e. The van der Waals surface area contributed by atoms with E-state index in [-0.39, 0.29) is 17.0 Å². The SMILES string of the molecule is CC(Sc1nnc(-c2ccc(F)cc2)n1C)C(=O)NCc1cccs1. The van der Waals surface area contributed by atoms with E-state index in [1.54, 1.807) is 28.0 Å². The lowest BCUT2D eigenvalue weighted by Crippen LogP contribution is -2.30. The molecule has 0 spiro atoms. The Morgan fingerprint density at radius 2 is 2.08 bits per heavy atom. The number of aromatic nitrogens is 3. The van der Waals surface area contributed by atoms with E-state index < -0.39 is 0 Å². The van der Waals surface area contributed by atoms with Gasteiger partial charge in [-0.2, -0.15) is 0 Å². The van der Waals surface area contributed by atoms with Gasteiger partial charge in [0.05, 0.1) is 11.8 Å². The summed E-state index contributed by atoms with van der Waals surface area (Å²) in [5.74, 6) is 0.287. The molecule has 25 heavy (non-hydrogen) atoms. The molecule has 3 rings (SSSR count). The first kappa shape index (κ1) is 17.6. The molecule has 8 heteroatoms. The fourth-order valence-electron chi connectivity index (χ4n) is 2.21. The fourth-order valence-corrected chi connectivity index (χ4v) is 3.69. The van der Waals surface area contributed by atoms with E-state index in [0.717, 1.165) is 10.4 Å². The van der Waals surface area contributed by atoms with Gasteiger partial charge < -0.3 is 9.88 Å². The van der Waals surface area contributed by atoms with Crippen LogP contribution in [0.15, 0.2) is 46.9 Å². The number of carbonyl (C=O) groups excluding carboxylic acids is 1. The normalized spacial score (nSPS) is 12.1. The molecular weight excluding hydrogens is 359 g/mol. The summed E-state index contributed by atoms with van der Waals surface area (Å²) in [4.78, 5) is 13.4. The van der Waals surface area contributed by atoms with Crippen LogP contribution in [0, 0.1) is 5.82 Å². The Morgan fingerprint density at radius 3 is 2.76 bits per heavy atom. The second-order valence-electron chi connectivity index (χ2n) is 5.43. The number of nitrogens with zero attached hydrogens (tertiary/aromatic N) is 3. The minimum absolute atomic E-state index is 0.0512. The quantitative estimate of drug-likeness (QED) is 0.669. The number of nitrogens with one attached hydrogen (secondary N) is 1. The monoisotopic (exact) mass is 376 g/mol. The largest absolute Gasteiger partial charge is 0.350 e. The van der Waals surface area contributed by atoms with Gasteiger partial charge in [-0.15, -0.1) is 21.5 Å². The molecule has 1 atom stereocenters. The summed E-state index contributed by atoms with van der Waals surface area (Å²) in [5, 5.41) is 13.5. The Kier molecular flexibility index (Phi) is 5.50. The molecule has 0 bridgehead atoms. The van der Waals surface area contributed by atoms with Crippen LogP contribution in [0.1, 0.15) is 11.8 Å². The highest BCUT2D eigenvalue weighted by Gasteiger charge is 2.19. The highest BCUT2D eigenvalue weighted by Crippen LogP contribution is 2.25. The maximum atomic E-state index is 13.1. The molecule has 1 aromatic carbocycles. The Bertz CT molecular complexity index is 846. The second kappa shape index (κ2) is 7.79. The van der Waals surface area contributed by atoms with Crippen molar-refractivity contribution in [1.29, 1.82) is 0 Å². The fraction of sp³-hybridized carbons (Fsp3) is 0.235. The molecule has 1 amide bonds. The van der Waals surface area contributed by atoms with Crippen molar-refractivity contribution in [2.24, 2.45) is 7.05 Å². The number of thioether (sulfide) groups is 1. The number of benzene rings is 1. The lowest BCUT2D eigenvalue weighted by molar-refractivity contribution is -0.120. The van der Waals surface area contributed by atoms with E-state index in [9.17, 15) is 9.18 Å². The maximum absolute atomic E-state index is 13.1. The minimum atomic E-state index is -0.302. The van der Waals surface area contributed by atoms with Crippen LogP contribution in [0.3, 0.4) is 0 Å². The molecule has 2 aromatic heterocycles. The van der Waals surface area contributed by atoms with Crippen molar-refractivity contribution in [3.63, 3.8) is 0 Å². The number of thiophene rings is 1. The zero-order chi connectivity index (χ0) is 17.8. The van der Waals surface area contributed by atoms with E-state index in [4.69, 9.17) is 0 Å². The van der Waals surface area contributed by atoms with Crippen LogP contribution in [-0.4, -0.2) is 25.9 Å². The van der Waals surface area contributed by atoms with Crippen LogP contribution in [-0.2, 0) is 18.4 Å². The van der Waals surface area contributed by atoms with E-state index in [1.165, 1.54) is 23.9 Å². The number of amides is 1. The summed E-state index contributed by atoms with van der Waals surface area (Å²) in [6.07, 6.45) is 0. The highest BCUT2D eigenvalue weighted by atomic mass is 32.2. The molecule has 0 fully saturated rings. The van der Waals surface area contributed by atoms with Crippen molar-refractivity contribution >= 4 is 29.0 Å². The smallest absolute Gasteiger partial charge is 0.233 e. The van der Waals surface area contributed by atoms with Crippen LogP contribution in [0.4, 0.5) is 4.39 Å². The molecule has 0 radical (unpaired) electrons. The Balaban J connectivity index is 1.64. The molecule has 0 aliphatic rings. The van der Waals surface area contributed by atoms with Crippen molar-refractivity contribution < 1.29 is 9.18 Å². The first-order valence-corrected chi connectivity index (χ1v) is 9.42. The summed E-state index contributed by atoms with van der Waals surface area (Å²) in [6.45, 7) is 2.36. The van der Waals surface area contributed by atoms with Gasteiger partial charge in [0.1, 0.15) is 5.82 Å². The van der Waals surface area contributed by atoms with Crippen molar-refractivity contribution in [1.82, 2.24) is 20.1 Å². The lowest BCUT2D eigenvalue weighted by Gasteiger charge is -2.11. The lowest BCUT2D eigenvalue weighted by atomic mass is 10.2. The van der Waals surface area contributed by atoms with Crippen LogP contribution >= 0.6 is 23.1 Å².